The second kappa shape index (κ2) is 7.19. The fraction of sp³-hybridized carbons (Fsp3) is 0.278. The van der Waals surface area contributed by atoms with Crippen LogP contribution in [0, 0.1) is 11.3 Å². The Balaban J connectivity index is 1.99. The molecule has 1 atom stereocenters. The first-order valence-electron chi connectivity index (χ1n) is 7.27. The van der Waals surface area contributed by atoms with Gasteiger partial charge in [-0.1, -0.05) is 30.3 Å². The van der Waals surface area contributed by atoms with Crippen LogP contribution < -0.4 is 5.32 Å². The molecule has 120 valence electrons. The average Bonchev–Trinajstić information content (AvgIpc) is 2.49. The standard InChI is InChI=1S/C18H17F3N2/c1-13(23-17-7-5-14(6-8-17)9-10-22)11-15-3-2-4-16(12-15)18(19,20)21/h2-8,12-13,23H,9,11H2,1H3. The summed E-state index contributed by atoms with van der Waals surface area (Å²) in [6, 6.07) is 14.9. The Kier molecular flexibility index (Phi) is 5.28. The zero-order valence-electron chi connectivity index (χ0n) is 12.7. The SMILES string of the molecule is CC(Cc1cccc(C(F)(F)F)c1)Nc1ccc(CC#N)cc1. The van der Waals surface area contributed by atoms with Gasteiger partial charge in [-0.3, -0.25) is 0 Å². The molecule has 1 unspecified atom stereocenters. The summed E-state index contributed by atoms with van der Waals surface area (Å²) in [5, 5.41) is 11.9. The fourth-order valence-corrected chi connectivity index (χ4v) is 2.37. The molecule has 2 nitrogen and oxygen atoms in total. The van der Waals surface area contributed by atoms with Gasteiger partial charge in [-0.2, -0.15) is 18.4 Å². The van der Waals surface area contributed by atoms with Crippen molar-refractivity contribution in [2.24, 2.45) is 0 Å². The molecule has 0 bridgehead atoms. The van der Waals surface area contributed by atoms with Gasteiger partial charge >= 0.3 is 6.18 Å². The van der Waals surface area contributed by atoms with Crippen molar-refractivity contribution >= 4 is 5.69 Å². The smallest absolute Gasteiger partial charge is 0.382 e. The number of alkyl halides is 3. The Bertz CT molecular complexity index is 685. The molecule has 2 aromatic carbocycles. The maximum absolute atomic E-state index is 12.7. The van der Waals surface area contributed by atoms with Crippen molar-refractivity contribution in [2.45, 2.75) is 32.0 Å². The van der Waals surface area contributed by atoms with E-state index in [4.69, 9.17) is 5.26 Å². The summed E-state index contributed by atoms with van der Waals surface area (Å²) in [5.74, 6) is 0. The van der Waals surface area contributed by atoms with E-state index >= 15 is 0 Å². The van der Waals surface area contributed by atoms with Gasteiger partial charge in [-0.15, -0.1) is 0 Å². The van der Waals surface area contributed by atoms with Crippen LogP contribution in [-0.4, -0.2) is 6.04 Å². The monoisotopic (exact) mass is 318 g/mol. The Morgan fingerprint density at radius 3 is 2.39 bits per heavy atom. The van der Waals surface area contributed by atoms with Crippen molar-refractivity contribution in [2.75, 3.05) is 5.32 Å². The number of nitrogens with one attached hydrogen (secondary N) is 1. The first kappa shape index (κ1) is 16.9. The summed E-state index contributed by atoms with van der Waals surface area (Å²) >= 11 is 0. The molecule has 0 aliphatic rings. The van der Waals surface area contributed by atoms with E-state index in [0.29, 0.717) is 18.4 Å². The molecule has 0 aliphatic heterocycles. The minimum absolute atomic E-state index is 0.0136. The Labute approximate surface area is 133 Å². The van der Waals surface area contributed by atoms with Crippen LogP contribution in [0.3, 0.4) is 0 Å². The lowest BCUT2D eigenvalue weighted by Gasteiger charge is -2.16. The van der Waals surface area contributed by atoms with Gasteiger partial charge in [0.15, 0.2) is 0 Å². The van der Waals surface area contributed by atoms with Gasteiger partial charge < -0.3 is 5.32 Å². The van der Waals surface area contributed by atoms with E-state index in [1.54, 1.807) is 6.07 Å². The van der Waals surface area contributed by atoms with E-state index in [2.05, 4.69) is 11.4 Å². The molecule has 5 heteroatoms. The molecule has 0 amide bonds. The van der Waals surface area contributed by atoms with Gasteiger partial charge in [-0.25, -0.2) is 0 Å². The predicted molar refractivity (Wildman–Crippen MR) is 84.0 cm³/mol. The molecular weight excluding hydrogens is 301 g/mol. The lowest BCUT2D eigenvalue weighted by Crippen LogP contribution is -2.18. The average molecular weight is 318 g/mol. The molecule has 23 heavy (non-hydrogen) atoms. The van der Waals surface area contributed by atoms with Gasteiger partial charge in [0.25, 0.3) is 0 Å². The molecular formula is C18H17F3N2. The van der Waals surface area contributed by atoms with Crippen molar-refractivity contribution in [3.05, 3.63) is 65.2 Å². The van der Waals surface area contributed by atoms with E-state index in [1.165, 1.54) is 12.1 Å². The molecule has 0 radical (unpaired) electrons. The molecule has 0 spiro atoms. The summed E-state index contributed by atoms with van der Waals surface area (Å²) < 4.78 is 38.1. The minimum atomic E-state index is -4.32. The largest absolute Gasteiger partial charge is 0.416 e. The minimum Gasteiger partial charge on any atom is -0.382 e. The Hall–Kier alpha value is -2.48. The summed E-state index contributed by atoms with van der Waals surface area (Å²) in [4.78, 5) is 0. The Morgan fingerprint density at radius 1 is 1.09 bits per heavy atom. The third-order valence-electron chi connectivity index (χ3n) is 3.45. The van der Waals surface area contributed by atoms with Crippen LogP contribution in [0.25, 0.3) is 0 Å². The highest BCUT2D eigenvalue weighted by atomic mass is 19.4. The molecule has 2 aromatic rings. The molecule has 0 aromatic heterocycles. The van der Waals surface area contributed by atoms with Crippen LogP contribution in [0.4, 0.5) is 18.9 Å². The topological polar surface area (TPSA) is 35.8 Å². The van der Waals surface area contributed by atoms with E-state index < -0.39 is 11.7 Å². The van der Waals surface area contributed by atoms with Gasteiger partial charge in [0, 0.05) is 11.7 Å². The predicted octanol–water partition coefficient (Wildman–Crippen LogP) is 4.81. The van der Waals surface area contributed by atoms with E-state index in [0.717, 1.165) is 17.3 Å². The number of rotatable bonds is 5. The third-order valence-corrected chi connectivity index (χ3v) is 3.45. The van der Waals surface area contributed by atoms with Gasteiger partial charge in [0.05, 0.1) is 18.1 Å². The first-order chi connectivity index (χ1) is 10.9. The summed E-state index contributed by atoms with van der Waals surface area (Å²) in [7, 11) is 0. The van der Waals surface area contributed by atoms with Crippen LogP contribution >= 0.6 is 0 Å². The zero-order valence-corrected chi connectivity index (χ0v) is 12.7. The number of hydrogen-bond acceptors (Lipinski definition) is 2. The normalized spacial score (nSPS) is 12.5. The van der Waals surface area contributed by atoms with E-state index in [-0.39, 0.29) is 6.04 Å². The summed E-state index contributed by atoms with van der Waals surface area (Å²) in [6.07, 6.45) is -3.47. The van der Waals surface area contributed by atoms with Crippen LogP contribution in [0.1, 0.15) is 23.6 Å². The first-order valence-corrected chi connectivity index (χ1v) is 7.27. The van der Waals surface area contributed by atoms with Crippen LogP contribution in [0.15, 0.2) is 48.5 Å². The number of anilines is 1. The highest BCUT2D eigenvalue weighted by molar-refractivity contribution is 5.46. The van der Waals surface area contributed by atoms with Crippen molar-refractivity contribution < 1.29 is 13.2 Å². The maximum Gasteiger partial charge on any atom is 0.416 e. The molecule has 0 heterocycles. The van der Waals surface area contributed by atoms with Gasteiger partial charge in [0.1, 0.15) is 0 Å². The number of nitriles is 1. The van der Waals surface area contributed by atoms with E-state index in [9.17, 15) is 13.2 Å². The van der Waals surface area contributed by atoms with Crippen molar-refractivity contribution in [3.63, 3.8) is 0 Å². The van der Waals surface area contributed by atoms with Crippen LogP contribution in [0.5, 0.6) is 0 Å². The highest BCUT2D eigenvalue weighted by Crippen LogP contribution is 2.29. The highest BCUT2D eigenvalue weighted by Gasteiger charge is 2.30. The maximum atomic E-state index is 12.7. The lowest BCUT2D eigenvalue weighted by atomic mass is 10.0. The lowest BCUT2D eigenvalue weighted by molar-refractivity contribution is -0.137. The fourth-order valence-electron chi connectivity index (χ4n) is 2.37. The summed E-state index contributed by atoms with van der Waals surface area (Å²) in [5.41, 5.74) is 1.83. The van der Waals surface area contributed by atoms with E-state index in [1.807, 2.05) is 31.2 Å². The molecule has 0 saturated carbocycles. The molecule has 2 rings (SSSR count). The van der Waals surface area contributed by atoms with Crippen molar-refractivity contribution in [1.82, 2.24) is 0 Å². The number of hydrogen-bond donors (Lipinski definition) is 1. The second-order valence-electron chi connectivity index (χ2n) is 5.48. The van der Waals surface area contributed by atoms with Gasteiger partial charge in [0.2, 0.25) is 0 Å². The van der Waals surface area contributed by atoms with Crippen LogP contribution in [0.2, 0.25) is 0 Å². The van der Waals surface area contributed by atoms with Crippen molar-refractivity contribution in [3.8, 4) is 6.07 Å². The second-order valence-corrected chi connectivity index (χ2v) is 5.48. The van der Waals surface area contributed by atoms with Crippen molar-refractivity contribution in [1.29, 1.82) is 5.26 Å². The zero-order chi connectivity index (χ0) is 16.9. The number of halogens is 3. The van der Waals surface area contributed by atoms with Gasteiger partial charge in [-0.05, 0) is 42.7 Å². The number of nitrogens with zero attached hydrogens (tertiary/aromatic N) is 1. The number of benzene rings is 2. The molecule has 1 N–H and O–H groups in total. The molecule has 0 aliphatic carbocycles. The molecule has 0 fully saturated rings. The quantitative estimate of drug-likeness (QED) is 0.858. The van der Waals surface area contributed by atoms with Crippen LogP contribution in [-0.2, 0) is 19.0 Å². The molecule has 0 saturated heterocycles. The Morgan fingerprint density at radius 2 is 1.78 bits per heavy atom. The third kappa shape index (κ3) is 5.03. The summed E-state index contributed by atoms with van der Waals surface area (Å²) in [6.45, 7) is 1.92.